The van der Waals surface area contributed by atoms with Crippen molar-refractivity contribution < 1.29 is 0 Å². The zero-order valence-corrected chi connectivity index (χ0v) is 12.8. The second-order valence-corrected chi connectivity index (χ2v) is 5.52. The van der Waals surface area contributed by atoms with Gasteiger partial charge in [-0.25, -0.2) is 9.97 Å². The summed E-state index contributed by atoms with van der Waals surface area (Å²) in [7, 11) is 0. The van der Waals surface area contributed by atoms with Crippen LogP contribution in [0.4, 0.5) is 5.95 Å². The largest absolute Gasteiger partial charge is 0.338 e. The molecule has 1 saturated heterocycles. The van der Waals surface area contributed by atoms with E-state index in [9.17, 15) is 0 Å². The van der Waals surface area contributed by atoms with Crippen molar-refractivity contribution in [3.8, 4) is 0 Å². The number of nitrogens with zero attached hydrogens (tertiary/aromatic N) is 4. The third-order valence-electron chi connectivity index (χ3n) is 3.85. The number of nitrogens with one attached hydrogen (secondary N) is 1. The molecule has 1 atom stereocenters. The molecule has 1 unspecified atom stereocenters. The van der Waals surface area contributed by atoms with Crippen molar-refractivity contribution in [3.63, 3.8) is 0 Å². The highest BCUT2D eigenvalue weighted by Gasteiger charge is 2.18. The van der Waals surface area contributed by atoms with Gasteiger partial charge in [-0.2, -0.15) is 0 Å². The van der Waals surface area contributed by atoms with E-state index in [2.05, 4.69) is 38.9 Å². The van der Waals surface area contributed by atoms with Gasteiger partial charge in [0.2, 0.25) is 5.95 Å². The minimum absolute atomic E-state index is 0.638. The summed E-state index contributed by atoms with van der Waals surface area (Å²) >= 11 is 0. The van der Waals surface area contributed by atoms with Crippen molar-refractivity contribution in [2.24, 2.45) is 0 Å². The second-order valence-electron chi connectivity index (χ2n) is 5.52. The maximum absolute atomic E-state index is 4.32. The van der Waals surface area contributed by atoms with E-state index in [0.717, 1.165) is 45.2 Å². The Labute approximate surface area is 122 Å². The Morgan fingerprint density at radius 1 is 1.20 bits per heavy atom. The number of hydrogen-bond acceptors (Lipinski definition) is 5. The lowest BCUT2D eigenvalue weighted by Gasteiger charge is -2.34. The lowest BCUT2D eigenvalue weighted by molar-refractivity contribution is 0.252. The van der Waals surface area contributed by atoms with Crippen molar-refractivity contribution in [1.82, 2.24) is 20.2 Å². The molecule has 1 aromatic heterocycles. The molecule has 1 N–H and O–H groups in total. The summed E-state index contributed by atoms with van der Waals surface area (Å²) in [6.07, 6.45) is 6.14. The standard InChI is InChI=1S/C15H27N5/c1-3-5-14(2)16-8-9-19-10-12-20(13-11-19)15-17-6-4-7-18-15/h4,6-7,14,16H,3,5,8-13H2,1-2H3. The number of aromatic nitrogens is 2. The summed E-state index contributed by atoms with van der Waals surface area (Å²) in [6.45, 7) is 11.0. The Bertz CT molecular complexity index is 362. The first-order chi connectivity index (χ1) is 9.79. The third-order valence-corrected chi connectivity index (χ3v) is 3.85. The van der Waals surface area contributed by atoms with Crippen LogP contribution in [0.15, 0.2) is 18.5 Å². The molecule has 5 nitrogen and oxygen atoms in total. The zero-order chi connectivity index (χ0) is 14.2. The summed E-state index contributed by atoms with van der Waals surface area (Å²) in [5.41, 5.74) is 0. The summed E-state index contributed by atoms with van der Waals surface area (Å²) in [5, 5.41) is 3.59. The van der Waals surface area contributed by atoms with Gasteiger partial charge in [0.25, 0.3) is 0 Å². The molecule has 112 valence electrons. The van der Waals surface area contributed by atoms with E-state index in [1.165, 1.54) is 12.8 Å². The van der Waals surface area contributed by atoms with Crippen molar-refractivity contribution in [2.75, 3.05) is 44.2 Å². The maximum atomic E-state index is 4.32. The van der Waals surface area contributed by atoms with Gasteiger partial charge in [-0.15, -0.1) is 0 Å². The Hall–Kier alpha value is -1.20. The molecule has 1 fully saturated rings. The highest BCUT2D eigenvalue weighted by atomic mass is 15.3. The van der Waals surface area contributed by atoms with Gasteiger partial charge in [-0.05, 0) is 19.4 Å². The lowest BCUT2D eigenvalue weighted by Crippen LogP contribution is -2.49. The van der Waals surface area contributed by atoms with Crippen molar-refractivity contribution >= 4 is 5.95 Å². The highest BCUT2D eigenvalue weighted by molar-refractivity contribution is 5.29. The van der Waals surface area contributed by atoms with E-state index in [1.807, 2.05) is 18.5 Å². The number of anilines is 1. The summed E-state index contributed by atoms with van der Waals surface area (Å²) in [6, 6.07) is 2.50. The van der Waals surface area contributed by atoms with Gasteiger partial charge in [-0.1, -0.05) is 13.3 Å². The first kappa shape index (κ1) is 15.2. The van der Waals surface area contributed by atoms with Crippen LogP contribution in [0.2, 0.25) is 0 Å². The molecule has 1 aromatic rings. The topological polar surface area (TPSA) is 44.3 Å². The smallest absolute Gasteiger partial charge is 0.225 e. The fourth-order valence-electron chi connectivity index (χ4n) is 2.63. The van der Waals surface area contributed by atoms with E-state index < -0.39 is 0 Å². The molecule has 2 rings (SSSR count). The van der Waals surface area contributed by atoms with Gasteiger partial charge >= 0.3 is 0 Å². The fourth-order valence-corrected chi connectivity index (χ4v) is 2.63. The Balaban J connectivity index is 1.65. The molecule has 0 amide bonds. The molecule has 0 saturated carbocycles. The van der Waals surface area contributed by atoms with Gasteiger partial charge in [0, 0.05) is 57.7 Å². The average molecular weight is 277 g/mol. The fraction of sp³-hybridized carbons (Fsp3) is 0.733. The van der Waals surface area contributed by atoms with Gasteiger partial charge in [0.1, 0.15) is 0 Å². The van der Waals surface area contributed by atoms with Crippen LogP contribution in [0.5, 0.6) is 0 Å². The van der Waals surface area contributed by atoms with E-state index in [-0.39, 0.29) is 0 Å². The number of hydrogen-bond donors (Lipinski definition) is 1. The van der Waals surface area contributed by atoms with Crippen molar-refractivity contribution in [2.45, 2.75) is 32.7 Å². The van der Waals surface area contributed by atoms with Crippen LogP contribution >= 0.6 is 0 Å². The number of piperazine rings is 1. The van der Waals surface area contributed by atoms with Gasteiger partial charge in [0.15, 0.2) is 0 Å². The lowest BCUT2D eigenvalue weighted by atomic mass is 10.2. The van der Waals surface area contributed by atoms with E-state index in [4.69, 9.17) is 0 Å². The van der Waals surface area contributed by atoms with Crippen LogP contribution in [-0.4, -0.2) is 60.2 Å². The molecule has 0 spiro atoms. The zero-order valence-electron chi connectivity index (χ0n) is 12.8. The van der Waals surface area contributed by atoms with Gasteiger partial charge in [-0.3, -0.25) is 4.90 Å². The van der Waals surface area contributed by atoms with Crippen LogP contribution in [0.25, 0.3) is 0 Å². The summed E-state index contributed by atoms with van der Waals surface area (Å²) in [4.78, 5) is 13.4. The van der Waals surface area contributed by atoms with Gasteiger partial charge in [0.05, 0.1) is 0 Å². The Morgan fingerprint density at radius 3 is 2.55 bits per heavy atom. The second kappa shape index (κ2) is 8.17. The minimum Gasteiger partial charge on any atom is -0.338 e. The molecular formula is C15H27N5. The molecule has 2 heterocycles. The summed E-state index contributed by atoms with van der Waals surface area (Å²) < 4.78 is 0. The normalized spacial score (nSPS) is 18.2. The van der Waals surface area contributed by atoms with Crippen LogP contribution in [0.1, 0.15) is 26.7 Å². The molecule has 1 aliphatic rings. The van der Waals surface area contributed by atoms with E-state index in [1.54, 1.807) is 0 Å². The van der Waals surface area contributed by atoms with Crippen molar-refractivity contribution in [3.05, 3.63) is 18.5 Å². The van der Waals surface area contributed by atoms with E-state index in [0.29, 0.717) is 6.04 Å². The molecule has 0 aliphatic carbocycles. The maximum Gasteiger partial charge on any atom is 0.225 e. The van der Waals surface area contributed by atoms with Crippen LogP contribution in [0.3, 0.4) is 0 Å². The number of rotatable bonds is 7. The van der Waals surface area contributed by atoms with Crippen LogP contribution in [0, 0.1) is 0 Å². The van der Waals surface area contributed by atoms with Crippen LogP contribution < -0.4 is 10.2 Å². The first-order valence-electron chi connectivity index (χ1n) is 7.77. The highest BCUT2D eigenvalue weighted by Crippen LogP contribution is 2.09. The first-order valence-corrected chi connectivity index (χ1v) is 7.77. The molecular weight excluding hydrogens is 250 g/mol. The molecule has 0 radical (unpaired) electrons. The monoisotopic (exact) mass is 277 g/mol. The molecule has 1 aliphatic heterocycles. The SMILES string of the molecule is CCCC(C)NCCN1CCN(c2ncccn2)CC1. The molecule has 20 heavy (non-hydrogen) atoms. The third kappa shape index (κ3) is 4.72. The summed E-state index contributed by atoms with van der Waals surface area (Å²) in [5.74, 6) is 0.863. The molecule has 0 aromatic carbocycles. The predicted octanol–water partition coefficient (Wildman–Crippen LogP) is 1.38. The molecule has 5 heteroatoms. The van der Waals surface area contributed by atoms with E-state index >= 15 is 0 Å². The predicted molar refractivity (Wildman–Crippen MR) is 83.1 cm³/mol. The quantitative estimate of drug-likeness (QED) is 0.815. The Kier molecular flexibility index (Phi) is 6.21. The van der Waals surface area contributed by atoms with Crippen molar-refractivity contribution in [1.29, 1.82) is 0 Å². The Morgan fingerprint density at radius 2 is 1.90 bits per heavy atom. The average Bonchev–Trinajstić information content (AvgIpc) is 2.49. The van der Waals surface area contributed by atoms with Gasteiger partial charge < -0.3 is 10.2 Å². The minimum atomic E-state index is 0.638. The molecule has 0 bridgehead atoms. The van der Waals surface area contributed by atoms with Crippen LogP contribution in [-0.2, 0) is 0 Å².